The SMILES string of the molecule is CC(C)=O.CCC.CCC.CCC.CCC.COC.c1cc(OCC2CC2)ccc1Cc1ccc(OCC2CO2)cc1. The predicted molar refractivity (Wildman–Crippen MR) is 182 cm³/mol. The van der Waals surface area contributed by atoms with Crippen molar-refractivity contribution < 1.29 is 23.7 Å². The van der Waals surface area contributed by atoms with Gasteiger partial charge in [0.05, 0.1) is 13.2 Å². The molecule has 4 rings (SSSR count). The van der Waals surface area contributed by atoms with E-state index >= 15 is 0 Å². The number of Topliss-reactive ketones (excluding diaryl/α,β-unsaturated/α-hetero) is 1. The molecule has 1 heterocycles. The highest BCUT2D eigenvalue weighted by Gasteiger charge is 2.23. The summed E-state index contributed by atoms with van der Waals surface area (Å²) < 4.78 is 20.8. The second kappa shape index (κ2) is 33.1. The molecular formula is C37H66O5. The topological polar surface area (TPSA) is 57.3 Å². The molecule has 0 spiro atoms. The summed E-state index contributed by atoms with van der Waals surface area (Å²) in [5, 5.41) is 0. The lowest BCUT2D eigenvalue weighted by Gasteiger charge is -2.08. The van der Waals surface area contributed by atoms with Crippen LogP contribution in [0.5, 0.6) is 11.5 Å². The fourth-order valence-electron chi connectivity index (χ4n) is 2.49. The summed E-state index contributed by atoms with van der Waals surface area (Å²) in [7, 11) is 3.25. The van der Waals surface area contributed by atoms with Crippen molar-refractivity contribution in [2.75, 3.05) is 34.0 Å². The number of hydrogen-bond acceptors (Lipinski definition) is 5. The van der Waals surface area contributed by atoms with E-state index in [4.69, 9.17) is 14.2 Å². The van der Waals surface area contributed by atoms with Gasteiger partial charge in [-0.3, -0.25) is 0 Å². The minimum Gasteiger partial charge on any atom is -0.493 e. The van der Waals surface area contributed by atoms with Gasteiger partial charge in [0.2, 0.25) is 0 Å². The molecule has 2 aliphatic rings. The molecule has 2 aromatic carbocycles. The van der Waals surface area contributed by atoms with Gasteiger partial charge in [-0.25, -0.2) is 0 Å². The van der Waals surface area contributed by atoms with Crippen LogP contribution in [0.2, 0.25) is 0 Å². The van der Waals surface area contributed by atoms with Gasteiger partial charge in [-0.2, -0.15) is 0 Å². The van der Waals surface area contributed by atoms with Gasteiger partial charge in [-0.1, -0.05) is 105 Å². The summed E-state index contributed by atoms with van der Waals surface area (Å²) in [5.41, 5.74) is 2.58. The molecule has 42 heavy (non-hydrogen) atoms. The average Bonchev–Trinajstić information content (AvgIpc) is 3.86. The highest BCUT2D eigenvalue weighted by molar-refractivity contribution is 5.72. The van der Waals surface area contributed by atoms with E-state index in [9.17, 15) is 4.79 Å². The van der Waals surface area contributed by atoms with Gasteiger partial charge >= 0.3 is 0 Å². The molecule has 0 N–H and O–H groups in total. The minimum absolute atomic E-state index is 0.167. The molecule has 0 radical (unpaired) electrons. The van der Waals surface area contributed by atoms with E-state index < -0.39 is 0 Å². The zero-order valence-electron chi connectivity index (χ0n) is 29.4. The molecule has 0 amide bonds. The Bertz CT molecular complexity index is 721. The molecule has 1 saturated carbocycles. The first-order valence-electron chi connectivity index (χ1n) is 16.1. The molecular weight excluding hydrogens is 524 g/mol. The van der Waals surface area contributed by atoms with Crippen LogP contribution >= 0.6 is 0 Å². The number of hydrogen-bond donors (Lipinski definition) is 0. The first-order valence-corrected chi connectivity index (χ1v) is 16.1. The third-order valence-corrected chi connectivity index (χ3v) is 4.28. The van der Waals surface area contributed by atoms with Crippen molar-refractivity contribution in [1.29, 1.82) is 0 Å². The van der Waals surface area contributed by atoms with Gasteiger partial charge in [0.15, 0.2) is 0 Å². The van der Waals surface area contributed by atoms with E-state index in [1.807, 2.05) is 12.1 Å². The summed E-state index contributed by atoms with van der Waals surface area (Å²) in [6.07, 6.45) is 8.88. The number of ketones is 1. The number of benzene rings is 2. The van der Waals surface area contributed by atoms with Gasteiger partial charge in [-0.05, 0) is 74.4 Å². The monoisotopic (exact) mass is 590 g/mol. The van der Waals surface area contributed by atoms with Crippen LogP contribution in [0, 0.1) is 5.92 Å². The molecule has 5 nitrogen and oxygen atoms in total. The molecule has 1 atom stereocenters. The van der Waals surface area contributed by atoms with Crippen LogP contribution in [0.3, 0.4) is 0 Å². The van der Waals surface area contributed by atoms with Crippen molar-refractivity contribution in [3.8, 4) is 11.5 Å². The second-order valence-corrected chi connectivity index (χ2v) is 10.6. The quantitative estimate of drug-likeness (QED) is 0.286. The zero-order chi connectivity index (χ0) is 32.6. The van der Waals surface area contributed by atoms with E-state index in [-0.39, 0.29) is 5.78 Å². The summed E-state index contributed by atoms with van der Waals surface area (Å²) in [5.74, 6) is 2.85. The predicted octanol–water partition coefficient (Wildman–Crippen LogP) is 10.4. The lowest BCUT2D eigenvalue weighted by molar-refractivity contribution is -0.115. The number of rotatable bonds is 8. The summed E-state index contributed by atoms with van der Waals surface area (Å²) in [4.78, 5) is 9.44. The molecule has 2 aromatic rings. The Morgan fingerprint density at radius 2 is 0.952 bits per heavy atom. The molecule has 2 fully saturated rings. The molecule has 1 aliphatic heterocycles. The summed E-state index contributed by atoms with van der Waals surface area (Å²) in [6.45, 7) is 22.4. The first kappa shape index (κ1) is 44.1. The minimum atomic E-state index is 0.167. The average molecular weight is 591 g/mol. The fourth-order valence-corrected chi connectivity index (χ4v) is 2.49. The van der Waals surface area contributed by atoms with Gasteiger partial charge < -0.3 is 23.7 Å². The van der Waals surface area contributed by atoms with Gasteiger partial charge in [0, 0.05) is 14.2 Å². The van der Waals surface area contributed by atoms with Crippen LogP contribution in [-0.2, 0) is 20.7 Å². The molecule has 0 aromatic heterocycles. The molecule has 244 valence electrons. The summed E-state index contributed by atoms with van der Waals surface area (Å²) >= 11 is 0. The first-order chi connectivity index (χ1) is 20.2. The smallest absolute Gasteiger partial charge is 0.126 e. The lowest BCUT2D eigenvalue weighted by atomic mass is 10.0. The number of carbonyl (C=O) groups is 1. The highest BCUT2D eigenvalue weighted by atomic mass is 16.6. The van der Waals surface area contributed by atoms with Crippen molar-refractivity contribution in [3.63, 3.8) is 0 Å². The Labute approximate surface area is 260 Å². The van der Waals surface area contributed by atoms with Gasteiger partial charge in [0.1, 0.15) is 30.0 Å². The Hall–Kier alpha value is -2.37. The maximum atomic E-state index is 9.44. The van der Waals surface area contributed by atoms with Crippen molar-refractivity contribution >= 4 is 5.78 Å². The Morgan fingerprint density at radius 1 is 0.667 bits per heavy atom. The normalized spacial score (nSPS) is 13.4. The number of methoxy groups -OCH3 is 1. The van der Waals surface area contributed by atoms with Crippen LogP contribution in [-0.4, -0.2) is 45.9 Å². The van der Waals surface area contributed by atoms with Crippen molar-refractivity contribution in [1.82, 2.24) is 0 Å². The maximum Gasteiger partial charge on any atom is 0.126 e. The molecule has 0 bridgehead atoms. The molecule has 1 unspecified atom stereocenters. The molecule has 1 aliphatic carbocycles. The van der Waals surface area contributed by atoms with Crippen molar-refractivity contribution in [3.05, 3.63) is 59.7 Å². The van der Waals surface area contributed by atoms with Gasteiger partial charge in [-0.15, -0.1) is 0 Å². The maximum absolute atomic E-state index is 9.44. The largest absolute Gasteiger partial charge is 0.493 e. The standard InChI is InChI=1S/C20H22O3.C3H6O.4C3H8.C2H6O/c1-2-17(1)12-21-18-7-3-15(4-8-18)11-16-5-9-19(10-6-16)22-13-20-14-23-20;1-3(2)4;5*1-3-2/h3-10,17,20H,1-2,11-14H2;1-2H3;4*3H2,1-2H3;1-2H3. The van der Waals surface area contributed by atoms with Crippen molar-refractivity contribution in [2.45, 2.75) is 120 Å². The van der Waals surface area contributed by atoms with Crippen LogP contribution in [0.1, 0.15) is 119 Å². The number of carbonyl (C=O) groups excluding carboxylic acids is 1. The van der Waals surface area contributed by atoms with E-state index in [1.165, 1.54) is 63.5 Å². The Kier molecular flexibility index (Phi) is 34.8. The fraction of sp³-hybridized carbons (Fsp3) is 0.649. The van der Waals surface area contributed by atoms with E-state index in [0.29, 0.717) is 12.7 Å². The van der Waals surface area contributed by atoms with Crippen LogP contribution < -0.4 is 9.47 Å². The summed E-state index contributed by atoms with van der Waals surface area (Å²) in [6, 6.07) is 16.8. The van der Waals surface area contributed by atoms with E-state index in [2.05, 4.69) is 96.5 Å². The third kappa shape index (κ3) is 35.7. The van der Waals surface area contributed by atoms with E-state index in [1.54, 1.807) is 14.2 Å². The Morgan fingerprint density at radius 3 is 1.21 bits per heavy atom. The number of epoxide rings is 1. The van der Waals surface area contributed by atoms with Crippen LogP contribution in [0.15, 0.2) is 48.5 Å². The number of ether oxygens (including phenoxy) is 4. The highest BCUT2D eigenvalue weighted by Crippen LogP contribution is 2.29. The zero-order valence-corrected chi connectivity index (χ0v) is 29.4. The van der Waals surface area contributed by atoms with Crippen molar-refractivity contribution in [2.24, 2.45) is 5.92 Å². The van der Waals surface area contributed by atoms with Crippen LogP contribution in [0.4, 0.5) is 0 Å². The molecule has 1 saturated heterocycles. The molecule has 5 heteroatoms. The van der Waals surface area contributed by atoms with Gasteiger partial charge in [0.25, 0.3) is 0 Å². The lowest BCUT2D eigenvalue weighted by Crippen LogP contribution is -2.03. The third-order valence-electron chi connectivity index (χ3n) is 4.28. The van der Waals surface area contributed by atoms with Crippen LogP contribution in [0.25, 0.3) is 0 Å². The van der Waals surface area contributed by atoms with E-state index in [0.717, 1.165) is 37.1 Å². The second-order valence-electron chi connectivity index (χ2n) is 10.6. The Balaban J connectivity index is -0.000000664.